The normalized spacial score (nSPS) is 25.8. The number of nitrogens with two attached hydrogens (primary N) is 1. The average Bonchev–Trinajstić information content (AvgIpc) is 3.21. The van der Waals surface area contributed by atoms with Crippen molar-refractivity contribution < 1.29 is 4.79 Å². The average molecular weight is 289 g/mol. The van der Waals surface area contributed by atoms with Crippen LogP contribution in [0.4, 0.5) is 5.69 Å². The molecule has 3 N–H and O–H groups in total. The van der Waals surface area contributed by atoms with Gasteiger partial charge in [0.2, 0.25) is 0 Å². The summed E-state index contributed by atoms with van der Waals surface area (Å²) in [5.41, 5.74) is 7.26. The van der Waals surface area contributed by atoms with E-state index in [1.807, 2.05) is 10.8 Å². The fourth-order valence-electron chi connectivity index (χ4n) is 3.64. The van der Waals surface area contributed by atoms with Crippen molar-refractivity contribution in [3.05, 3.63) is 18.0 Å². The molecule has 2 aliphatic carbocycles. The third-order valence-electron chi connectivity index (χ3n) is 4.93. The predicted octanol–water partition coefficient (Wildman–Crippen LogP) is 3.35. The molecule has 0 bridgehead atoms. The summed E-state index contributed by atoms with van der Waals surface area (Å²) in [6.45, 7) is 3.13. The highest BCUT2D eigenvalue weighted by Gasteiger charge is 2.27. The molecule has 4 nitrogen and oxygen atoms in total. The topological polar surface area (TPSA) is 60.1 Å². The Morgan fingerprint density at radius 1 is 1.38 bits per heavy atom. The molecule has 3 rings (SSSR count). The van der Waals surface area contributed by atoms with Gasteiger partial charge < -0.3 is 15.6 Å². The van der Waals surface area contributed by atoms with Gasteiger partial charge in [0.1, 0.15) is 5.69 Å². The lowest BCUT2D eigenvalue weighted by atomic mass is 9.81. The minimum Gasteiger partial charge on any atom is -0.397 e. The van der Waals surface area contributed by atoms with Gasteiger partial charge in [-0.15, -0.1) is 0 Å². The fraction of sp³-hybridized carbons (Fsp3) is 0.706. The molecule has 2 atom stereocenters. The highest BCUT2D eigenvalue weighted by molar-refractivity contribution is 5.93. The maximum atomic E-state index is 12.3. The minimum atomic E-state index is 0.0301. The van der Waals surface area contributed by atoms with E-state index in [1.54, 1.807) is 6.07 Å². The molecule has 1 aromatic rings. The molecule has 0 radical (unpaired) electrons. The number of aromatic nitrogens is 1. The Balaban J connectivity index is 1.50. The number of rotatable bonds is 5. The zero-order valence-corrected chi connectivity index (χ0v) is 13.0. The van der Waals surface area contributed by atoms with Gasteiger partial charge in [-0.2, -0.15) is 0 Å². The van der Waals surface area contributed by atoms with E-state index in [4.69, 9.17) is 5.73 Å². The Morgan fingerprint density at radius 3 is 2.90 bits per heavy atom. The van der Waals surface area contributed by atoms with E-state index in [9.17, 15) is 4.79 Å². The van der Waals surface area contributed by atoms with E-state index in [1.165, 1.54) is 25.7 Å². The first kappa shape index (κ1) is 14.5. The number of nitrogens with zero attached hydrogens (tertiary/aromatic N) is 1. The summed E-state index contributed by atoms with van der Waals surface area (Å²) in [5.74, 6) is 1.67. The smallest absolute Gasteiger partial charge is 0.267 e. The van der Waals surface area contributed by atoms with Crippen LogP contribution in [0.3, 0.4) is 0 Å². The first-order chi connectivity index (χ1) is 10.1. The van der Waals surface area contributed by atoms with Gasteiger partial charge in [-0.1, -0.05) is 26.2 Å². The molecule has 2 saturated carbocycles. The lowest BCUT2D eigenvalue weighted by Gasteiger charge is -2.26. The highest BCUT2D eigenvalue weighted by Crippen LogP contribution is 2.37. The van der Waals surface area contributed by atoms with Crippen LogP contribution in [0.15, 0.2) is 12.3 Å². The molecule has 1 amide bonds. The third kappa shape index (κ3) is 3.60. The van der Waals surface area contributed by atoms with E-state index in [-0.39, 0.29) is 5.91 Å². The lowest BCUT2D eigenvalue weighted by Crippen LogP contribution is -2.28. The van der Waals surface area contributed by atoms with Gasteiger partial charge in [0.25, 0.3) is 5.91 Å². The summed E-state index contributed by atoms with van der Waals surface area (Å²) in [6, 6.07) is 2.29. The number of hydrogen-bond acceptors (Lipinski definition) is 2. The molecule has 1 aromatic heterocycles. The summed E-state index contributed by atoms with van der Waals surface area (Å²) in [4.78, 5) is 12.3. The standard InChI is InChI=1S/C17H27N3O/c1-12-3-2-4-13(9-12)7-8-19-17(21)16-10-14(18)11-20(16)15-5-6-15/h10-13,15H,2-9,18H2,1H3,(H,19,21). The first-order valence-corrected chi connectivity index (χ1v) is 8.39. The third-order valence-corrected chi connectivity index (χ3v) is 4.93. The van der Waals surface area contributed by atoms with Gasteiger partial charge in [-0.3, -0.25) is 4.79 Å². The molecule has 2 aliphatic rings. The second kappa shape index (κ2) is 6.12. The zero-order chi connectivity index (χ0) is 14.8. The van der Waals surface area contributed by atoms with Gasteiger partial charge in [-0.05, 0) is 43.6 Å². The first-order valence-electron chi connectivity index (χ1n) is 8.39. The SMILES string of the molecule is CC1CCCC(CCNC(=O)c2cc(N)cn2C2CC2)C1. The molecule has 0 aliphatic heterocycles. The van der Waals surface area contributed by atoms with Crippen LogP contribution in [0.5, 0.6) is 0 Å². The van der Waals surface area contributed by atoms with Crippen molar-refractivity contribution in [1.82, 2.24) is 9.88 Å². The number of carbonyl (C=O) groups is 1. The Bertz CT molecular complexity index is 504. The maximum absolute atomic E-state index is 12.3. The number of nitrogen functional groups attached to an aromatic ring is 1. The van der Waals surface area contributed by atoms with Crippen molar-refractivity contribution in [3.63, 3.8) is 0 Å². The van der Waals surface area contributed by atoms with Crippen molar-refractivity contribution in [2.45, 2.75) is 57.9 Å². The van der Waals surface area contributed by atoms with Crippen LogP contribution >= 0.6 is 0 Å². The summed E-state index contributed by atoms with van der Waals surface area (Å²) >= 11 is 0. The molecular formula is C17H27N3O. The zero-order valence-electron chi connectivity index (χ0n) is 13.0. The van der Waals surface area contributed by atoms with E-state index < -0.39 is 0 Å². The Labute approximate surface area is 127 Å². The van der Waals surface area contributed by atoms with Crippen molar-refractivity contribution in [2.24, 2.45) is 11.8 Å². The van der Waals surface area contributed by atoms with E-state index >= 15 is 0 Å². The van der Waals surface area contributed by atoms with Crippen LogP contribution in [0, 0.1) is 11.8 Å². The van der Waals surface area contributed by atoms with Gasteiger partial charge in [0.05, 0.1) is 5.69 Å². The molecule has 0 aromatic carbocycles. The van der Waals surface area contributed by atoms with Crippen molar-refractivity contribution in [1.29, 1.82) is 0 Å². The second-order valence-corrected chi connectivity index (χ2v) is 6.98. The number of nitrogens with one attached hydrogen (secondary N) is 1. The van der Waals surface area contributed by atoms with Gasteiger partial charge >= 0.3 is 0 Å². The minimum absolute atomic E-state index is 0.0301. The monoisotopic (exact) mass is 289 g/mol. The molecule has 4 heteroatoms. The Kier molecular flexibility index (Phi) is 4.22. The summed E-state index contributed by atoms with van der Waals surface area (Å²) in [5, 5.41) is 3.08. The molecular weight excluding hydrogens is 262 g/mol. The Morgan fingerprint density at radius 2 is 2.19 bits per heavy atom. The Hall–Kier alpha value is -1.45. The van der Waals surface area contributed by atoms with Gasteiger partial charge in [0.15, 0.2) is 0 Å². The van der Waals surface area contributed by atoms with Crippen LogP contribution in [-0.2, 0) is 0 Å². The molecule has 2 fully saturated rings. The summed E-state index contributed by atoms with van der Waals surface area (Å²) < 4.78 is 2.05. The quantitative estimate of drug-likeness (QED) is 0.873. The van der Waals surface area contributed by atoms with Crippen LogP contribution in [-0.4, -0.2) is 17.0 Å². The van der Waals surface area contributed by atoms with Crippen LogP contribution < -0.4 is 11.1 Å². The molecule has 0 saturated heterocycles. The fourth-order valence-corrected chi connectivity index (χ4v) is 3.64. The van der Waals surface area contributed by atoms with Crippen molar-refractivity contribution >= 4 is 11.6 Å². The van der Waals surface area contributed by atoms with E-state index in [0.717, 1.165) is 43.3 Å². The molecule has 0 spiro atoms. The van der Waals surface area contributed by atoms with Crippen LogP contribution in [0.1, 0.15) is 68.4 Å². The lowest BCUT2D eigenvalue weighted by molar-refractivity contribution is 0.0940. The van der Waals surface area contributed by atoms with Crippen molar-refractivity contribution in [3.8, 4) is 0 Å². The van der Waals surface area contributed by atoms with Gasteiger partial charge in [-0.25, -0.2) is 0 Å². The second-order valence-electron chi connectivity index (χ2n) is 6.98. The number of anilines is 1. The van der Waals surface area contributed by atoms with E-state index in [0.29, 0.717) is 11.7 Å². The molecule has 21 heavy (non-hydrogen) atoms. The predicted molar refractivity (Wildman–Crippen MR) is 85.2 cm³/mol. The largest absolute Gasteiger partial charge is 0.397 e. The van der Waals surface area contributed by atoms with E-state index in [2.05, 4.69) is 12.2 Å². The molecule has 116 valence electrons. The highest BCUT2D eigenvalue weighted by atomic mass is 16.1. The van der Waals surface area contributed by atoms with Crippen molar-refractivity contribution in [2.75, 3.05) is 12.3 Å². The number of amides is 1. The molecule has 2 unspecified atom stereocenters. The van der Waals surface area contributed by atoms with Crippen LogP contribution in [0.25, 0.3) is 0 Å². The van der Waals surface area contributed by atoms with Crippen LogP contribution in [0.2, 0.25) is 0 Å². The molecule has 1 heterocycles. The summed E-state index contributed by atoms with van der Waals surface area (Å²) in [7, 11) is 0. The number of hydrogen-bond donors (Lipinski definition) is 2. The number of carbonyl (C=O) groups excluding carboxylic acids is 1. The maximum Gasteiger partial charge on any atom is 0.267 e. The summed E-state index contributed by atoms with van der Waals surface area (Å²) in [6.07, 6.45) is 10.7. The van der Waals surface area contributed by atoms with Gasteiger partial charge in [0, 0.05) is 18.8 Å².